The molecule has 34 heavy (non-hydrogen) atoms. The van der Waals surface area contributed by atoms with Crippen molar-refractivity contribution in [3.05, 3.63) is 70.1 Å². The number of carbonyl (C=O) groups excluding carboxylic acids is 2. The molecule has 1 aliphatic carbocycles. The number of rotatable bonds is 4. The van der Waals surface area contributed by atoms with Crippen LogP contribution in [0.1, 0.15) is 65.3 Å². The average molecular weight is 497 g/mol. The number of hydrogen-bond donors (Lipinski definition) is 0. The molecule has 4 nitrogen and oxygen atoms in total. The van der Waals surface area contributed by atoms with Crippen molar-refractivity contribution in [1.82, 2.24) is 9.47 Å². The van der Waals surface area contributed by atoms with Crippen LogP contribution < -0.4 is 0 Å². The summed E-state index contributed by atoms with van der Waals surface area (Å²) in [6.45, 7) is 4.33. The van der Waals surface area contributed by atoms with Gasteiger partial charge in [-0.25, -0.2) is 4.39 Å². The van der Waals surface area contributed by atoms with Gasteiger partial charge in [0.2, 0.25) is 0 Å². The first-order valence-electron chi connectivity index (χ1n) is 12.0. The van der Waals surface area contributed by atoms with Crippen LogP contribution in [0.4, 0.5) is 4.39 Å². The Labute approximate surface area is 205 Å². The van der Waals surface area contributed by atoms with Crippen molar-refractivity contribution in [3.8, 4) is 0 Å². The van der Waals surface area contributed by atoms with Gasteiger partial charge in [-0.2, -0.15) is 0 Å². The van der Waals surface area contributed by atoms with E-state index in [1.54, 1.807) is 6.07 Å². The van der Waals surface area contributed by atoms with E-state index in [-0.39, 0.29) is 31.0 Å². The fraction of sp³-hybridized carbons (Fsp3) is 0.407. The summed E-state index contributed by atoms with van der Waals surface area (Å²) in [5, 5.41) is 1.37. The molecule has 6 rings (SSSR count). The van der Waals surface area contributed by atoms with Crippen LogP contribution in [0.5, 0.6) is 0 Å². The van der Waals surface area contributed by atoms with E-state index < -0.39 is 0 Å². The Morgan fingerprint density at radius 3 is 2.59 bits per heavy atom. The van der Waals surface area contributed by atoms with Gasteiger partial charge in [-0.05, 0) is 75.9 Å². The minimum atomic E-state index is -0.367. The van der Waals surface area contributed by atoms with E-state index in [2.05, 4.69) is 11.5 Å². The monoisotopic (exact) mass is 496 g/mol. The van der Waals surface area contributed by atoms with Crippen LogP contribution in [0.3, 0.4) is 0 Å². The lowest BCUT2D eigenvalue weighted by atomic mass is 9.86. The number of fused-ring (bicyclic) bond motifs is 3. The Morgan fingerprint density at radius 1 is 1.12 bits per heavy atom. The maximum absolute atomic E-state index is 13.7. The quantitative estimate of drug-likeness (QED) is 0.382. The molecule has 7 heteroatoms. The van der Waals surface area contributed by atoms with E-state index in [0.717, 1.165) is 47.8 Å². The predicted molar refractivity (Wildman–Crippen MR) is 135 cm³/mol. The summed E-state index contributed by atoms with van der Waals surface area (Å²) in [6, 6.07) is 10.4. The number of carbonyl (C=O) groups is 2. The zero-order chi connectivity index (χ0) is 23.7. The highest BCUT2D eigenvalue weighted by molar-refractivity contribution is 7.60. The topological polar surface area (TPSA) is 42.3 Å². The number of amides is 1. The molecule has 1 unspecified atom stereocenters. The van der Waals surface area contributed by atoms with Gasteiger partial charge in [0.15, 0.2) is 5.52 Å². The zero-order valence-electron chi connectivity index (χ0n) is 19.2. The Balaban J connectivity index is 1.27. The molecule has 1 spiro atoms. The lowest BCUT2D eigenvalue weighted by molar-refractivity contribution is 0.0705. The first-order chi connectivity index (χ1) is 16.3. The molecular formula is C27H27ClFN2O2P. The molecule has 176 valence electrons. The maximum atomic E-state index is 13.7. The number of benzene rings is 2. The third-order valence-electron chi connectivity index (χ3n) is 8.29. The number of aromatic nitrogens is 1. The van der Waals surface area contributed by atoms with Crippen molar-refractivity contribution in [2.75, 3.05) is 13.1 Å². The van der Waals surface area contributed by atoms with Gasteiger partial charge < -0.3 is 9.47 Å². The normalized spacial score (nSPS) is 20.9. The smallest absolute Gasteiger partial charge is 0.256 e. The first-order valence-corrected chi connectivity index (χ1v) is 13.4. The molecule has 0 N–H and O–H groups in total. The Hall–Kier alpha value is -2.23. The van der Waals surface area contributed by atoms with Crippen LogP contribution in [0.2, 0.25) is 5.02 Å². The minimum absolute atomic E-state index is 0.0363. The molecule has 3 heterocycles. The SMILES string of the molecule is CCC1(Cn2cc(C(=O)N3CCC4(CC3)PC(=O)c3cc(F)ccc34)c3ccc(Cl)cc32)CC1. The second-order valence-electron chi connectivity index (χ2n) is 10.2. The fourth-order valence-corrected chi connectivity index (χ4v) is 7.63. The molecule has 0 radical (unpaired) electrons. The summed E-state index contributed by atoms with van der Waals surface area (Å²) >= 11 is 6.32. The third-order valence-corrected chi connectivity index (χ3v) is 10.3. The molecule has 2 aromatic carbocycles. The van der Waals surface area contributed by atoms with Crippen molar-refractivity contribution in [1.29, 1.82) is 0 Å². The number of hydrogen-bond acceptors (Lipinski definition) is 2. The summed E-state index contributed by atoms with van der Waals surface area (Å²) in [5.41, 5.74) is 3.62. The Morgan fingerprint density at radius 2 is 1.88 bits per heavy atom. The second-order valence-corrected chi connectivity index (χ2v) is 12.3. The molecule has 1 atom stereocenters. The molecule has 2 fully saturated rings. The van der Waals surface area contributed by atoms with Gasteiger partial charge in [0.05, 0.1) is 11.1 Å². The average Bonchev–Trinajstić information content (AvgIpc) is 3.46. The third kappa shape index (κ3) is 3.51. The van der Waals surface area contributed by atoms with Crippen LogP contribution in [-0.4, -0.2) is 34.0 Å². The van der Waals surface area contributed by atoms with Gasteiger partial charge in [0.1, 0.15) is 5.82 Å². The van der Waals surface area contributed by atoms with Gasteiger partial charge in [-0.1, -0.05) is 30.7 Å². The van der Waals surface area contributed by atoms with E-state index in [1.165, 1.54) is 25.0 Å². The highest BCUT2D eigenvalue weighted by Gasteiger charge is 2.46. The second kappa shape index (κ2) is 7.90. The highest BCUT2D eigenvalue weighted by atomic mass is 35.5. The van der Waals surface area contributed by atoms with Crippen LogP contribution in [0.25, 0.3) is 10.9 Å². The van der Waals surface area contributed by atoms with Gasteiger partial charge >= 0.3 is 0 Å². The first kappa shape index (κ1) is 22.2. The van der Waals surface area contributed by atoms with Crippen molar-refractivity contribution >= 4 is 42.5 Å². The van der Waals surface area contributed by atoms with Gasteiger partial charge in [-0.15, -0.1) is 0 Å². The van der Waals surface area contributed by atoms with E-state index in [0.29, 0.717) is 29.1 Å². The van der Waals surface area contributed by atoms with Crippen LogP contribution >= 0.6 is 20.2 Å². The largest absolute Gasteiger partial charge is 0.346 e. The number of nitrogens with zero attached hydrogens (tertiary/aromatic N) is 2. The van der Waals surface area contributed by atoms with Crippen molar-refractivity contribution < 1.29 is 14.0 Å². The summed E-state index contributed by atoms with van der Waals surface area (Å²) < 4.78 is 15.9. The lowest BCUT2D eigenvalue weighted by Crippen LogP contribution is -2.42. The molecule has 1 saturated heterocycles. The summed E-state index contributed by atoms with van der Waals surface area (Å²) in [5.74, 6) is -0.330. The van der Waals surface area contributed by atoms with Gasteiger partial charge in [0.25, 0.3) is 5.91 Å². The Bertz CT molecular complexity index is 1340. The highest BCUT2D eigenvalue weighted by Crippen LogP contribution is 2.57. The van der Waals surface area contributed by atoms with E-state index in [1.807, 2.05) is 29.3 Å². The number of likely N-dealkylation sites (tertiary alicyclic amines) is 1. The molecule has 2 aliphatic heterocycles. The van der Waals surface area contributed by atoms with Gasteiger partial charge in [-0.3, -0.25) is 9.59 Å². The fourth-order valence-electron chi connectivity index (χ4n) is 5.86. The molecule has 1 amide bonds. The number of halogens is 2. The molecule has 3 aromatic rings. The summed E-state index contributed by atoms with van der Waals surface area (Å²) in [6.07, 6.45) is 7.06. The van der Waals surface area contributed by atoms with Crippen LogP contribution in [0.15, 0.2) is 42.6 Å². The van der Waals surface area contributed by atoms with Crippen LogP contribution in [-0.2, 0) is 11.7 Å². The zero-order valence-corrected chi connectivity index (χ0v) is 20.9. The Kier molecular flexibility index (Phi) is 5.17. The molecule has 3 aliphatic rings. The van der Waals surface area contributed by atoms with E-state index in [9.17, 15) is 14.0 Å². The molecular weight excluding hydrogens is 470 g/mol. The molecule has 1 saturated carbocycles. The number of piperidine rings is 1. The van der Waals surface area contributed by atoms with Gasteiger partial charge in [0, 0.05) is 47.0 Å². The van der Waals surface area contributed by atoms with Crippen molar-refractivity contribution in [2.24, 2.45) is 5.41 Å². The van der Waals surface area contributed by atoms with E-state index >= 15 is 0 Å². The van der Waals surface area contributed by atoms with Crippen molar-refractivity contribution in [3.63, 3.8) is 0 Å². The molecule has 0 bridgehead atoms. The maximum Gasteiger partial charge on any atom is 0.256 e. The molecule has 1 aromatic heterocycles. The van der Waals surface area contributed by atoms with Crippen molar-refractivity contribution in [2.45, 2.75) is 50.7 Å². The van der Waals surface area contributed by atoms with E-state index in [4.69, 9.17) is 11.6 Å². The van der Waals surface area contributed by atoms with Crippen LogP contribution in [0, 0.1) is 11.2 Å². The minimum Gasteiger partial charge on any atom is -0.346 e. The lowest BCUT2D eigenvalue weighted by Gasteiger charge is -2.39. The summed E-state index contributed by atoms with van der Waals surface area (Å²) in [4.78, 5) is 28.2. The summed E-state index contributed by atoms with van der Waals surface area (Å²) in [7, 11) is 0.111. The standard InChI is InChI=1S/C27H27ClFN2O2P/c1-2-26(7-8-26)16-31-15-21(19-5-3-17(28)13-23(19)31)24(32)30-11-9-27(10-12-30)22-6-4-18(29)14-20(22)25(33)34-27/h3-6,13-15,34H,2,7-12,16H2,1H3. The predicted octanol–water partition coefficient (Wildman–Crippen LogP) is 6.59.